The van der Waals surface area contributed by atoms with E-state index in [2.05, 4.69) is 25.9 Å². The third-order valence-electron chi connectivity index (χ3n) is 4.67. The average Bonchev–Trinajstić information content (AvgIpc) is 3.41. The Morgan fingerprint density at radius 3 is 2.66 bits per heavy atom. The largest absolute Gasteiger partial charge is 0.388 e. The van der Waals surface area contributed by atoms with E-state index < -0.39 is 11.9 Å². The van der Waals surface area contributed by atoms with Crippen LogP contribution < -0.4 is 27.4 Å². The van der Waals surface area contributed by atoms with Gasteiger partial charge in [-0.15, -0.1) is 12.4 Å². The highest BCUT2D eigenvalue weighted by Gasteiger charge is 2.23. The van der Waals surface area contributed by atoms with Gasteiger partial charge in [0.25, 0.3) is 11.8 Å². The number of anilines is 2. The molecular formula is C19H26ClN9O3. The quantitative estimate of drug-likeness (QED) is 0.221. The van der Waals surface area contributed by atoms with Crippen LogP contribution in [0.4, 0.5) is 11.4 Å². The SMILES string of the molecule is Cl.Cn1cc(NC(=O)c2cc(NC(=O)[C@@H]3CCC(N)=N3)c[nH]2)cc1C(=O)NCCC(=N)N. The molecule has 3 heterocycles. The number of aryl methyl sites for hydroxylation is 1. The van der Waals surface area contributed by atoms with Crippen LogP contribution in [0.15, 0.2) is 29.5 Å². The molecule has 172 valence electrons. The van der Waals surface area contributed by atoms with Crippen LogP contribution in [0.1, 0.15) is 40.2 Å². The predicted octanol–water partition coefficient (Wildman–Crippen LogP) is 0.541. The number of aromatic amines is 1. The Balaban J connectivity index is 0.00000363. The van der Waals surface area contributed by atoms with Crippen molar-refractivity contribution in [2.75, 3.05) is 17.2 Å². The molecular weight excluding hydrogens is 438 g/mol. The number of amidine groups is 2. The minimum Gasteiger partial charge on any atom is -0.388 e. The summed E-state index contributed by atoms with van der Waals surface area (Å²) in [5, 5.41) is 15.2. The molecule has 1 aliphatic rings. The molecule has 12 nitrogen and oxygen atoms in total. The first-order chi connectivity index (χ1) is 14.7. The van der Waals surface area contributed by atoms with Crippen molar-refractivity contribution in [3.8, 4) is 0 Å². The van der Waals surface area contributed by atoms with Crippen LogP contribution in [0.3, 0.4) is 0 Å². The molecule has 1 atom stereocenters. The van der Waals surface area contributed by atoms with Gasteiger partial charge in [-0.25, -0.2) is 0 Å². The van der Waals surface area contributed by atoms with Gasteiger partial charge in [0.15, 0.2) is 0 Å². The second-order valence-electron chi connectivity index (χ2n) is 7.18. The van der Waals surface area contributed by atoms with E-state index in [1.807, 2.05) is 0 Å². The summed E-state index contributed by atoms with van der Waals surface area (Å²) < 4.78 is 1.58. The van der Waals surface area contributed by atoms with Crippen molar-refractivity contribution in [1.82, 2.24) is 14.9 Å². The Kier molecular flexibility index (Phi) is 8.02. The van der Waals surface area contributed by atoms with Gasteiger partial charge in [0.05, 0.1) is 23.0 Å². The summed E-state index contributed by atoms with van der Waals surface area (Å²) in [6.07, 6.45) is 4.52. The van der Waals surface area contributed by atoms with E-state index in [1.54, 1.807) is 17.8 Å². The van der Waals surface area contributed by atoms with Crippen molar-refractivity contribution < 1.29 is 14.4 Å². The van der Waals surface area contributed by atoms with Gasteiger partial charge in [-0.3, -0.25) is 24.8 Å². The molecule has 3 rings (SSSR count). The molecule has 0 aromatic carbocycles. The van der Waals surface area contributed by atoms with E-state index >= 15 is 0 Å². The monoisotopic (exact) mass is 463 g/mol. The minimum absolute atomic E-state index is 0. The maximum Gasteiger partial charge on any atom is 0.272 e. The van der Waals surface area contributed by atoms with Crippen LogP contribution >= 0.6 is 12.4 Å². The van der Waals surface area contributed by atoms with Crippen LogP contribution in [0.2, 0.25) is 0 Å². The summed E-state index contributed by atoms with van der Waals surface area (Å²) in [5.41, 5.74) is 12.3. The van der Waals surface area contributed by atoms with Crippen LogP contribution in [0.25, 0.3) is 0 Å². The second-order valence-corrected chi connectivity index (χ2v) is 7.18. The topological polar surface area (TPSA) is 196 Å². The normalized spacial score (nSPS) is 14.8. The van der Waals surface area contributed by atoms with E-state index in [9.17, 15) is 14.4 Å². The third kappa shape index (κ3) is 6.11. The van der Waals surface area contributed by atoms with E-state index in [1.165, 1.54) is 18.3 Å². The fourth-order valence-electron chi connectivity index (χ4n) is 3.09. The molecule has 0 unspecified atom stereocenters. The molecule has 0 aliphatic carbocycles. The van der Waals surface area contributed by atoms with Gasteiger partial charge in [0.1, 0.15) is 17.4 Å². The molecule has 0 bridgehead atoms. The number of carbonyl (C=O) groups excluding carboxylic acids is 3. The molecule has 9 N–H and O–H groups in total. The van der Waals surface area contributed by atoms with Crippen molar-refractivity contribution >= 4 is 53.2 Å². The van der Waals surface area contributed by atoms with Gasteiger partial charge in [0.2, 0.25) is 5.91 Å². The fourth-order valence-corrected chi connectivity index (χ4v) is 3.09. The van der Waals surface area contributed by atoms with Gasteiger partial charge in [-0.05, 0) is 18.6 Å². The molecule has 3 amide bonds. The number of rotatable bonds is 8. The lowest BCUT2D eigenvalue weighted by Crippen LogP contribution is -2.28. The number of hydrogen-bond donors (Lipinski definition) is 7. The van der Waals surface area contributed by atoms with E-state index in [4.69, 9.17) is 16.9 Å². The summed E-state index contributed by atoms with van der Waals surface area (Å²) in [4.78, 5) is 43.8. The fraction of sp³-hybridized carbons (Fsp3) is 0.316. The third-order valence-corrected chi connectivity index (χ3v) is 4.67. The van der Waals surface area contributed by atoms with Gasteiger partial charge < -0.3 is 37.0 Å². The Morgan fingerprint density at radius 2 is 2.00 bits per heavy atom. The zero-order valence-corrected chi connectivity index (χ0v) is 18.2. The average molecular weight is 464 g/mol. The van der Waals surface area contributed by atoms with Crippen LogP contribution in [-0.2, 0) is 11.8 Å². The zero-order valence-electron chi connectivity index (χ0n) is 17.4. The number of H-pyrrole nitrogens is 1. The first-order valence-corrected chi connectivity index (χ1v) is 9.63. The molecule has 2 aromatic rings. The maximum absolute atomic E-state index is 12.5. The summed E-state index contributed by atoms with van der Waals surface area (Å²) in [7, 11) is 1.68. The van der Waals surface area contributed by atoms with Crippen LogP contribution in [0, 0.1) is 5.41 Å². The van der Waals surface area contributed by atoms with Crippen molar-refractivity contribution in [1.29, 1.82) is 5.41 Å². The van der Waals surface area contributed by atoms with E-state index in [0.717, 1.165) is 0 Å². The van der Waals surface area contributed by atoms with Gasteiger partial charge in [-0.1, -0.05) is 0 Å². The van der Waals surface area contributed by atoms with Crippen molar-refractivity contribution in [2.45, 2.75) is 25.3 Å². The summed E-state index contributed by atoms with van der Waals surface area (Å²) in [6, 6.07) is 2.53. The lowest BCUT2D eigenvalue weighted by Gasteiger charge is -2.06. The first kappa shape index (κ1) is 24.5. The van der Waals surface area contributed by atoms with Gasteiger partial charge in [-0.2, -0.15) is 0 Å². The zero-order chi connectivity index (χ0) is 22.5. The van der Waals surface area contributed by atoms with Gasteiger partial charge >= 0.3 is 0 Å². The number of nitrogens with two attached hydrogens (primary N) is 2. The lowest BCUT2D eigenvalue weighted by atomic mass is 10.2. The number of aromatic nitrogens is 2. The number of hydrogen-bond acceptors (Lipinski definition) is 6. The minimum atomic E-state index is -0.517. The van der Waals surface area contributed by atoms with Crippen molar-refractivity contribution in [3.63, 3.8) is 0 Å². The number of halogens is 1. The Morgan fingerprint density at radius 1 is 1.25 bits per heavy atom. The number of aliphatic imine (C=N–C) groups is 1. The molecule has 0 radical (unpaired) electrons. The molecule has 13 heteroatoms. The highest BCUT2D eigenvalue weighted by atomic mass is 35.5. The molecule has 0 fully saturated rings. The van der Waals surface area contributed by atoms with Gasteiger partial charge in [0, 0.05) is 38.8 Å². The molecule has 0 spiro atoms. The first-order valence-electron chi connectivity index (χ1n) is 9.63. The summed E-state index contributed by atoms with van der Waals surface area (Å²) >= 11 is 0. The van der Waals surface area contributed by atoms with Crippen LogP contribution in [0.5, 0.6) is 0 Å². The smallest absolute Gasteiger partial charge is 0.272 e. The molecule has 32 heavy (non-hydrogen) atoms. The Labute approximate surface area is 190 Å². The molecule has 1 aliphatic heterocycles. The Hall–Kier alpha value is -3.80. The molecule has 2 aromatic heterocycles. The Bertz CT molecular complexity index is 1060. The van der Waals surface area contributed by atoms with E-state index in [0.29, 0.717) is 35.7 Å². The van der Waals surface area contributed by atoms with E-state index in [-0.39, 0.29) is 48.7 Å². The molecule has 0 saturated carbocycles. The summed E-state index contributed by atoms with van der Waals surface area (Å²) in [6.45, 7) is 0.247. The van der Waals surface area contributed by atoms with Crippen molar-refractivity contribution in [2.24, 2.45) is 23.5 Å². The molecule has 0 saturated heterocycles. The number of nitrogens with zero attached hydrogens (tertiary/aromatic N) is 2. The highest BCUT2D eigenvalue weighted by Crippen LogP contribution is 2.17. The standard InChI is InChI=1S/C19H25N9O3.ClH/c1-28-9-11(7-14(28)19(31)23-5-4-15(20)21)26-18(30)13-6-10(8-24-13)25-17(29)12-2-3-16(22)27-12;/h6-9,12,24H,2-5H2,1H3,(H3,20,21)(H2,22,27)(H,23,31)(H,25,29)(H,26,30);1H/t12-;/m0./s1. The number of amides is 3. The number of nitrogens with one attached hydrogen (secondary N) is 5. The maximum atomic E-state index is 12.5. The second kappa shape index (κ2) is 10.5. The van der Waals surface area contributed by atoms with Crippen LogP contribution in [-0.4, -0.2) is 51.5 Å². The van der Waals surface area contributed by atoms with Crippen molar-refractivity contribution in [3.05, 3.63) is 35.9 Å². The summed E-state index contributed by atoms with van der Waals surface area (Å²) in [5.74, 6) is -0.609. The lowest BCUT2D eigenvalue weighted by molar-refractivity contribution is -0.117. The number of carbonyl (C=O) groups is 3. The highest BCUT2D eigenvalue weighted by molar-refractivity contribution is 6.05. The predicted molar refractivity (Wildman–Crippen MR) is 124 cm³/mol.